The van der Waals surface area contributed by atoms with Crippen LogP contribution in [-0.2, 0) is 4.79 Å². The van der Waals surface area contributed by atoms with Gasteiger partial charge in [-0.25, -0.2) is 4.98 Å². The zero-order chi connectivity index (χ0) is 22.3. The number of carbonyl (C=O) groups excluding carboxylic acids is 2. The van der Waals surface area contributed by atoms with E-state index in [0.717, 1.165) is 57.1 Å². The Balaban J connectivity index is 1.17. The first-order valence-corrected chi connectivity index (χ1v) is 12.0. The van der Waals surface area contributed by atoms with Crippen LogP contribution < -0.4 is 14.8 Å². The molecular weight excluding hydrogens is 428 g/mol. The number of amides is 2. The number of benzene rings is 1. The van der Waals surface area contributed by atoms with Crippen molar-refractivity contribution < 1.29 is 19.1 Å². The Hall–Kier alpha value is -2.65. The lowest BCUT2D eigenvalue weighted by Crippen LogP contribution is -2.51. The number of carbonyl (C=O) groups is 2. The second-order valence-corrected chi connectivity index (χ2v) is 9.03. The summed E-state index contributed by atoms with van der Waals surface area (Å²) in [6, 6.07) is 7.41. The molecule has 2 saturated heterocycles. The monoisotopic (exact) mass is 458 g/mol. The first kappa shape index (κ1) is 22.5. The predicted octanol–water partition coefficient (Wildman–Crippen LogP) is 2.42. The first-order valence-electron chi connectivity index (χ1n) is 11.1. The zero-order valence-corrected chi connectivity index (χ0v) is 19.2. The van der Waals surface area contributed by atoms with Crippen LogP contribution in [0, 0.1) is 0 Å². The maximum Gasteiger partial charge on any atom is 0.273 e. The number of rotatable bonds is 7. The van der Waals surface area contributed by atoms with E-state index in [4.69, 9.17) is 9.47 Å². The van der Waals surface area contributed by atoms with Crippen molar-refractivity contribution in [3.05, 3.63) is 41.4 Å². The number of thiazole rings is 1. The molecule has 1 aromatic carbocycles. The van der Waals surface area contributed by atoms with E-state index in [1.165, 1.54) is 11.3 Å². The molecule has 0 saturated carbocycles. The molecule has 2 amide bonds. The number of aromatic nitrogens is 1. The maximum absolute atomic E-state index is 12.6. The fourth-order valence-corrected chi connectivity index (χ4v) is 4.94. The fourth-order valence-electron chi connectivity index (χ4n) is 4.38. The molecule has 0 bridgehead atoms. The van der Waals surface area contributed by atoms with Gasteiger partial charge in [0, 0.05) is 49.4 Å². The van der Waals surface area contributed by atoms with Crippen molar-refractivity contribution in [2.75, 3.05) is 39.8 Å². The summed E-state index contributed by atoms with van der Waals surface area (Å²) < 4.78 is 11.1. The van der Waals surface area contributed by atoms with Crippen molar-refractivity contribution in [1.82, 2.24) is 20.1 Å². The Kier molecular flexibility index (Phi) is 7.59. The van der Waals surface area contributed by atoms with Gasteiger partial charge in [-0.3, -0.25) is 14.5 Å². The Labute approximate surface area is 192 Å². The highest BCUT2D eigenvalue weighted by Crippen LogP contribution is 2.24. The minimum Gasteiger partial charge on any atom is -0.497 e. The highest BCUT2D eigenvalue weighted by atomic mass is 32.1. The van der Waals surface area contributed by atoms with Crippen LogP contribution in [0.4, 0.5) is 0 Å². The average Bonchev–Trinajstić information content (AvgIpc) is 3.36. The standard InChI is InChI=1S/C23H30N4O4S/c1-30-20-4-2-3-17(15-20)22(29)25-16-21(28)27-10-5-18(6-11-27)26-12-7-19(8-13-26)31-23-24-9-14-32-23/h2-4,9,14-15,18-19H,5-8,10-13,16H2,1H3,(H,25,29). The van der Waals surface area contributed by atoms with Crippen molar-refractivity contribution in [3.8, 4) is 10.9 Å². The van der Waals surface area contributed by atoms with Crippen LogP contribution in [0.5, 0.6) is 10.9 Å². The van der Waals surface area contributed by atoms with Gasteiger partial charge in [0.05, 0.1) is 13.7 Å². The van der Waals surface area contributed by atoms with E-state index in [1.54, 1.807) is 37.6 Å². The average molecular weight is 459 g/mol. The number of hydrogen-bond donors (Lipinski definition) is 1. The highest BCUT2D eigenvalue weighted by molar-refractivity contribution is 7.11. The molecule has 1 N–H and O–H groups in total. The van der Waals surface area contributed by atoms with Crippen molar-refractivity contribution in [2.24, 2.45) is 0 Å². The molecule has 0 radical (unpaired) electrons. The van der Waals surface area contributed by atoms with Crippen LogP contribution in [0.3, 0.4) is 0 Å². The number of hydrogen-bond acceptors (Lipinski definition) is 7. The van der Waals surface area contributed by atoms with Gasteiger partial charge in [0.25, 0.3) is 11.1 Å². The van der Waals surface area contributed by atoms with Gasteiger partial charge < -0.3 is 19.7 Å². The van der Waals surface area contributed by atoms with Gasteiger partial charge in [-0.2, -0.15) is 0 Å². The molecule has 2 aliphatic heterocycles. The van der Waals surface area contributed by atoms with E-state index in [-0.39, 0.29) is 24.5 Å². The third-order valence-corrected chi connectivity index (χ3v) is 6.88. The lowest BCUT2D eigenvalue weighted by Gasteiger charge is -2.41. The first-order chi connectivity index (χ1) is 15.6. The molecule has 2 fully saturated rings. The molecule has 0 atom stereocenters. The summed E-state index contributed by atoms with van der Waals surface area (Å²) in [6.45, 7) is 3.51. The molecular formula is C23H30N4O4S. The third kappa shape index (κ3) is 5.77. The smallest absolute Gasteiger partial charge is 0.273 e. The van der Waals surface area contributed by atoms with E-state index in [9.17, 15) is 9.59 Å². The zero-order valence-electron chi connectivity index (χ0n) is 18.4. The lowest BCUT2D eigenvalue weighted by atomic mass is 9.99. The van der Waals surface area contributed by atoms with Crippen molar-refractivity contribution >= 4 is 23.2 Å². The van der Waals surface area contributed by atoms with Crippen molar-refractivity contribution in [1.29, 1.82) is 0 Å². The minimum atomic E-state index is -0.269. The van der Waals surface area contributed by atoms with E-state index in [2.05, 4.69) is 15.2 Å². The van der Waals surface area contributed by atoms with Gasteiger partial charge in [0.15, 0.2) is 0 Å². The molecule has 1 aromatic heterocycles. The summed E-state index contributed by atoms with van der Waals surface area (Å²) in [5, 5.41) is 5.42. The summed E-state index contributed by atoms with van der Waals surface area (Å²) in [7, 11) is 1.56. The van der Waals surface area contributed by atoms with Crippen LogP contribution in [-0.4, -0.2) is 78.6 Å². The molecule has 9 heteroatoms. The van der Waals surface area contributed by atoms with Gasteiger partial charge in [-0.15, -0.1) is 0 Å². The number of nitrogens with zero attached hydrogens (tertiary/aromatic N) is 3. The molecule has 0 unspecified atom stereocenters. The summed E-state index contributed by atoms with van der Waals surface area (Å²) in [4.78, 5) is 33.5. The summed E-state index contributed by atoms with van der Waals surface area (Å²) in [5.74, 6) is 0.315. The normalized spacial score (nSPS) is 18.3. The fraction of sp³-hybridized carbons (Fsp3) is 0.522. The SMILES string of the molecule is COc1cccc(C(=O)NCC(=O)N2CCC(N3CCC(Oc4nccs4)CC3)CC2)c1. The van der Waals surface area contributed by atoms with Crippen molar-refractivity contribution in [3.63, 3.8) is 0 Å². The minimum absolute atomic E-state index is 0.0141. The Bertz CT molecular complexity index is 891. The van der Waals surface area contributed by atoms with Crippen LogP contribution in [0.1, 0.15) is 36.0 Å². The molecule has 32 heavy (non-hydrogen) atoms. The van der Waals surface area contributed by atoms with Crippen LogP contribution in [0.2, 0.25) is 0 Å². The Morgan fingerprint density at radius 2 is 1.94 bits per heavy atom. The number of piperidine rings is 2. The van der Waals surface area contributed by atoms with Crippen LogP contribution in [0.15, 0.2) is 35.8 Å². The van der Waals surface area contributed by atoms with Crippen LogP contribution in [0.25, 0.3) is 0 Å². The number of likely N-dealkylation sites (tertiary alicyclic amines) is 2. The molecule has 2 aliphatic rings. The highest BCUT2D eigenvalue weighted by Gasteiger charge is 2.30. The van der Waals surface area contributed by atoms with Gasteiger partial charge in [0.1, 0.15) is 11.9 Å². The van der Waals surface area contributed by atoms with E-state index >= 15 is 0 Å². The van der Waals surface area contributed by atoms with Gasteiger partial charge in [-0.05, 0) is 43.9 Å². The number of ether oxygens (including phenoxy) is 2. The molecule has 4 rings (SSSR count). The van der Waals surface area contributed by atoms with Crippen molar-refractivity contribution in [2.45, 2.75) is 37.8 Å². The second kappa shape index (κ2) is 10.8. The Morgan fingerprint density at radius 1 is 1.16 bits per heavy atom. The summed E-state index contributed by atoms with van der Waals surface area (Å²) in [6.07, 6.45) is 5.96. The topological polar surface area (TPSA) is 84.0 Å². The molecule has 0 aliphatic carbocycles. The Morgan fingerprint density at radius 3 is 2.62 bits per heavy atom. The maximum atomic E-state index is 12.6. The molecule has 3 heterocycles. The lowest BCUT2D eigenvalue weighted by molar-refractivity contribution is -0.131. The van der Waals surface area contributed by atoms with E-state index in [1.807, 2.05) is 10.3 Å². The molecule has 8 nitrogen and oxygen atoms in total. The molecule has 2 aromatic rings. The second-order valence-electron chi connectivity index (χ2n) is 8.18. The van der Waals surface area contributed by atoms with Crippen LogP contribution >= 0.6 is 11.3 Å². The van der Waals surface area contributed by atoms with E-state index < -0.39 is 0 Å². The third-order valence-electron chi connectivity index (χ3n) is 6.22. The number of nitrogens with one attached hydrogen (secondary N) is 1. The predicted molar refractivity (Wildman–Crippen MR) is 122 cm³/mol. The molecule has 172 valence electrons. The number of methoxy groups -OCH3 is 1. The van der Waals surface area contributed by atoms with Gasteiger partial charge in [-0.1, -0.05) is 17.4 Å². The summed E-state index contributed by atoms with van der Waals surface area (Å²) in [5.41, 5.74) is 0.484. The molecule has 0 spiro atoms. The largest absolute Gasteiger partial charge is 0.497 e. The van der Waals surface area contributed by atoms with E-state index in [0.29, 0.717) is 17.4 Å². The summed E-state index contributed by atoms with van der Waals surface area (Å²) >= 11 is 1.54. The quantitative estimate of drug-likeness (QED) is 0.686. The van der Waals surface area contributed by atoms with Gasteiger partial charge in [0.2, 0.25) is 5.91 Å². The van der Waals surface area contributed by atoms with Gasteiger partial charge >= 0.3 is 0 Å².